The SMILES string of the molecule is COc1ccc(/C=C/C(=O)OC2CCC3C(CC2)C3c2ccc(/C=C/C(=O)OC(C)(C)C)cc2)cc1. The van der Waals surface area contributed by atoms with Crippen molar-refractivity contribution in [1.29, 1.82) is 0 Å². The summed E-state index contributed by atoms with van der Waals surface area (Å²) in [5.74, 6) is 2.08. The van der Waals surface area contributed by atoms with Gasteiger partial charge in [0, 0.05) is 12.2 Å². The Bertz CT molecular complexity index is 1090. The predicted octanol–water partition coefficient (Wildman–Crippen LogP) is 6.58. The number of rotatable bonds is 7. The van der Waals surface area contributed by atoms with E-state index in [1.807, 2.05) is 45.0 Å². The predicted molar refractivity (Wildman–Crippen MR) is 141 cm³/mol. The number of hydrogen-bond acceptors (Lipinski definition) is 5. The smallest absolute Gasteiger partial charge is 0.331 e. The van der Waals surface area contributed by atoms with Gasteiger partial charge in [-0.25, -0.2) is 9.59 Å². The maximum atomic E-state index is 12.3. The molecule has 0 bridgehead atoms. The van der Waals surface area contributed by atoms with Gasteiger partial charge in [-0.2, -0.15) is 0 Å². The van der Waals surface area contributed by atoms with Gasteiger partial charge in [0.1, 0.15) is 17.5 Å². The van der Waals surface area contributed by atoms with E-state index in [2.05, 4.69) is 24.3 Å². The van der Waals surface area contributed by atoms with Gasteiger partial charge in [0.2, 0.25) is 0 Å². The van der Waals surface area contributed by atoms with E-state index in [1.165, 1.54) is 17.7 Å². The van der Waals surface area contributed by atoms with Gasteiger partial charge in [-0.15, -0.1) is 0 Å². The van der Waals surface area contributed by atoms with Crippen LogP contribution in [-0.2, 0) is 19.1 Å². The summed E-state index contributed by atoms with van der Waals surface area (Å²) in [6.45, 7) is 5.58. The molecule has 2 unspecified atom stereocenters. The zero-order valence-corrected chi connectivity index (χ0v) is 21.6. The summed E-state index contributed by atoms with van der Waals surface area (Å²) in [6, 6.07) is 16.0. The van der Waals surface area contributed by atoms with Gasteiger partial charge in [-0.1, -0.05) is 36.4 Å². The highest BCUT2D eigenvalue weighted by Gasteiger charge is 2.51. The van der Waals surface area contributed by atoms with Crippen molar-refractivity contribution >= 4 is 24.1 Å². The van der Waals surface area contributed by atoms with Gasteiger partial charge in [0.05, 0.1) is 7.11 Å². The van der Waals surface area contributed by atoms with E-state index >= 15 is 0 Å². The van der Waals surface area contributed by atoms with Crippen molar-refractivity contribution in [2.24, 2.45) is 11.8 Å². The zero-order valence-electron chi connectivity index (χ0n) is 21.6. The third-order valence-corrected chi connectivity index (χ3v) is 6.93. The van der Waals surface area contributed by atoms with E-state index in [4.69, 9.17) is 14.2 Å². The highest BCUT2D eigenvalue weighted by atomic mass is 16.6. The van der Waals surface area contributed by atoms with Gasteiger partial charge in [-0.3, -0.25) is 0 Å². The quantitative estimate of drug-likeness (QED) is 0.325. The summed E-state index contributed by atoms with van der Waals surface area (Å²) < 4.78 is 16.2. The zero-order chi connectivity index (χ0) is 25.7. The lowest BCUT2D eigenvalue weighted by Crippen LogP contribution is -2.22. The molecule has 0 radical (unpaired) electrons. The number of carbonyl (C=O) groups excluding carboxylic acids is 2. The molecule has 0 aromatic heterocycles. The molecule has 2 fully saturated rings. The number of esters is 2. The highest BCUT2D eigenvalue weighted by Crippen LogP contribution is 2.60. The topological polar surface area (TPSA) is 61.8 Å². The number of fused-ring (bicyclic) bond motifs is 1. The molecular weight excluding hydrogens is 452 g/mol. The molecule has 2 aromatic rings. The molecule has 36 heavy (non-hydrogen) atoms. The van der Waals surface area contributed by atoms with Crippen molar-refractivity contribution in [1.82, 2.24) is 0 Å². The lowest BCUT2D eigenvalue weighted by Gasteiger charge is -2.17. The van der Waals surface area contributed by atoms with E-state index in [1.54, 1.807) is 19.3 Å². The lowest BCUT2D eigenvalue weighted by atomic mass is 10.0. The van der Waals surface area contributed by atoms with Crippen LogP contribution in [0.4, 0.5) is 0 Å². The largest absolute Gasteiger partial charge is 0.497 e. The van der Waals surface area contributed by atoms with Gasteiger partial charge in [0.25, 0.3) is 0 Å². The van der Waals surface area contributed by atoms with Gasteiger partial charge in [0.15, 0.2) is 0 Å². The third kappa shape index (κ3) is 7.09. The number of benzene rings is 2. The number of carbonyl (C=O) groups is 2. The van der Waals surface area contributed by atoms with Gasteiger partial charge in [-0.05, 0) is 105 Å². The molecule has 0 aliphatic heterocycles. The Hall–Kier alpha value is -3.34. The molecule has 2 saturated carbocycles. The average molecular weight is 489 g/mol. The van der Waals surface area contributed by atoms with Crippen molar-refractivity contribution in [3.05, 3.63) is 77.4 Å². The first-order valence-corrected chi connectivity index (χ1v) is 12.8. The third-order valence-electron chi connectivity index (χ3n) is 6.93. The van der Waals surface area contributed by atoms with Crippen LogP contribution < -0.4 is 4.74 Å². The monoisotopic (exact) mass is 488 g/mol. The molecule has 2 aliphatic rings. The summed E-state index contributed by atoms with van der Waals surface area (Å²) in [5.41, 5.74) is 2.79. The van der Waals surface area contributed by atoms with Gasteiger partial charge < -0.3 is 14.2 Å². The summed E-state index contributed by atoms with van der Waals surface area (Å²) >= 11 is 0. The Morgan fingerprint density at radius 3 is 1.83 bits per heavy atom. The van der Waals surface area contributed by atoms with Crippen molar-refractivity contribution in [3.63, 3.8) is 0 Å². The molecule has 5 nitrogen and oxygen atoms in total. The number of hydrogen-bond donors (Lipinski definition) is 0. The lowest BCUT2D eigenvalue weighted by molar-refractivity contribution is -0.148. The minimum absolute atomic E-state index is 0.00756. The van der Waals surface area contributed by atoms with E-state index in [-0.39, 0.29) is 18.0 Å². The van der Waals surface area contributed by atoms with Crippen LogP contribution in [-0.4, -0.2) is 30.8 Å². The highest BCUT2D eigenvalue weighted by molar-refractivity contribution is 5.87. The van der Waals surface area contributed by atoms with Crippen LogP contribution in [0, 0.1) is 11.8 Å². The van der Waals surface area contributed by atoms with Crippen molar-refractivity contribution in [2.75, 3.05) is 7.11 Å². The van der Waals surface area contributed by atoms with Crippen molar-refractivity contribution < 1.29 is 23.8 Å². The fraction of sp³-hybridized carbons (Fsp3) is 0.419. The van der Waals surface area contributed by atoms with Crippen molar-refractivity contribution in [2.45, 2.75) is 64.1 Å². The number of ether oxygens (including phenoxy) is 3. The van der Waals surface area contributed by atoms with Crippen LogP contribution in [0.5, 0.6) is 5.75 Å². The second-order valence-electron chi connectivity index (χ2n) is 10.7. The minimum atomic E-state index is -0.489. The van der Waals surface area contributed by atoms with Crippen LogP contribution in [0.1, 0.15) is 69.1 Å². The molecule has 5 heteroatoms. The minimum Gasteiger partial charge on any atom is -0.497 e. The fourth-order valence-corrected chi connectivity index (χ4v) is 5.16. The first-order valence-electron chi connectivity index (χ1n) is 12.8. The molecule has 190 valence electrons. The molecule has 2 atom stereocenters. The van der Waals surface area contributed by atoms with E-state index in [9.17, 15) is 9.59 Å². The molecule has 2 aromatic carbocycles. The molecule has 0 N–H and O–H groups in total. The standard InChI is InChI=1S/C31H36O5/c1-31(2,3)36-29(33)20-10-21-5-11-23(12-6-21)30-26-17-15-25(16-18-27(26)30)35-28(32)19-9-22-7-13-24(34-4)14-8-22/h5-14,19-20,25-27,30H,15-18H2,1-4H3/b19-9+,20-10+. The van der Waals surface area contributed by atoms with E-state index in [0.717, 1.165) is 42.6 Å². The normalized spacial score (nSPS) is 23.7. The molecule has 4 rings (SSSR count). The molecule has 0 amide bonds. The molecule has 0 heterocycles. The Morgan fingerprint density at radius 2 is 1.31 bits per heavy atom. The van der Waals surface area contributed by atoms with Gasteiger partial charge >= 0.3 is 11.9 Å². The van der Waals surface area contributed by atoms with Crippen molar-refractivity contribution in [3.8, 4) is 5.75 Å². The summed E-state index contributed by atoms with van der Waals surface area (Å²) in [4.78, 5) is 24.2. The second kappa shape index (κ2) is 11.2. The molecule has 0 saturated heterocycles. The summed E-state index contributed by atoms with van der Waals surface area (Å²) in [5, 5.41) is 0. The first kappa shape index (κ1) is 25.7. The molecule has 0 spiro atoms. The maximum absolute atomic E-state index is 12.3. The number of methoxy groups -OCH3 is 1. The molecular formula is C31H36O5. The van der Waals surface area contributed by atoms with Crippen LogP contribution in [0.25, 0.3) is 12.2 Å². The first-order chi connectivity index (χ1) is 17.2. The maximum Gasteiger partial charge on any atom is 0.331 e. The van der Waals surface area contributed by atoms with Crippen LogP contribution >= 0.6 is 0 Å². The van der Waals surface area contributed by atoms with Crippen LogP contribution in [0.15, 0.2) is 60.7 Å². The van der Waals surface area contributed by atoms with E-state index in [0.29, 0.717) is 17.8 Å². The second-order valence-corrected chi connectivity index (χ2v) is 10.7. The summed E-state index contributed by atoms with van der Waals surface area (Å²) in [6.07, 6.45) is 10.5. The Labute approximate surface area is 214 Å². The van der Waals surface area contributed by atoms with E-state index < -0.39 is 5.60 Å². The Balaban J connectivity index is 1.23. The van der Waals surface area contributed by atoms with Crippen LogP contribution in [0.3, 0.4) is 0 Å². The summed E-state index contributed by atoms with van der Waals surface area (Å²) in [7, 11) is 1.63. The fourth-order valence-electron chi connectivity index (χ4n) is 5.16. The Morgan fingerprint density at radius 1 is 0.778 bits per heavy atom. The van der Waals surface area contributed by atoms with Crippen LogP contribution in [0.2, 0.25) is 0 Å². The Kier molecular flexibility index (Phi) is 7.97. The molecule has 2 aliphatic carbocycles. The average Bonchev–Trinajstić information content (AvgIpc) is 3.58.